The van der Waals surface area contributed by atoms with E-state index in [1.165, 1.54) is 18.4 Å². The summed E-state index contributed by atoms with van der Waals surface area (Å²) < 4.78 is 10.4. The van der Waals surface area contributed by atoms with E-state index in [0.29, 0.717) is 22.2 Å². The fourth-order valence-electron chi connectivity index (χ4n) is 2.61. The monoisotopic (exact) mass is 369 g/mol. The minimum atomic E-state index is -0.267. The van der Waals surface area contributed by atoms with Gasteiger partial charge < -0.3 is 15.2 Å². The maximum atomic E-state index is 12.5. The van der Waals surface area contributed by atoms with Gasteiger partial charge in [-0.15, -0.1) is 23.7 Å². The van der Waals surface area contributed by atoms with Gasteiger partial charge in [0.2, 0.25) is 0 Å². The number of anilines is 1. The number of nitrogens with two attached hydrogens (primary N) is 1. The van der Waals surface area contributed by atoms with Crippen molar-refractivity contribution in [3.63, 3.8) is 0 Å². The highest BCUT2D eigenvalue weighted by Gasteiger charge is 2.22. The summed E-state index contributed by atoms with van der Waals surface area (Å²) in [6.45, 7) is 0. The number of aromatic nitrogens is 1. The number of ether oxygens (including phenoxy) is 2. The Morgan fingerprint density at radius 1 is 1.38 bits per heavy atom. The molecule has 1 aromatic carbocycles. The number of fused-ring (bicyclic) bond motifs is 1. The van der Waals surface area contributed by atoms with Gasteiger partial charge in [-0.2, -0.15) is 0 Å². The number of hydrogen-bond donors (Lipinski definition) is 2. The number of benzene rings is 1. The van der Waals surface area contributed by atoms with Gasteiger partial charge in [0.25, 0.3) is 5.91 Å². The number of carbonyl (C=O) groups is 1. The van der Waals surface area contributed by atoms with Crippen LogP contribution in [0.4, 0.5) is 5.13 Å². The Hall–Kier alpha value is -1.83. The van der Waals surface area contributed by atoms with Gasteiger partial charge in [-0.1, -0.05) is 0 Å². The predicted molar refractivity (Wildman–Crippen MR) is 96.9 cm³/mol. The van der Waals surface area contributed by atoms with E-state index in [4.69, 9.17) is 15.2 Å². The molecule has 1 aromatic heterocycles. The summed E-state index contributed by atoms with van der Waals surface area (Å²) in [7, 11) is 3.09. The van der Waals surface area contributed by atoms with Gasteiger partial charge in [0.1, 0.15) is 11.5 Å². The topological polar surface area (TPSA) is 86.5 Å². The molecule has 8 heteroatoms. The molecular formula is C16H20ClN3O3S. The smallest absolute Gasteiger partial charge is 0.261 e. The molecule has 1 aliphatic carbocycles. The number of hydrogen-bond acceptors (Lipinski definition) is 6. The van der Waals surface area contributed by atoms with E-state index in [9.17, 15) is 4.79 Å². The molecule has 1 atom stereocenters. The van der Waals surface area contributed by atoms with Gasteiger partial charge in [-0.3, -0.25) is 10.1 Å². The van der Waals surface area contributed by atoms with Gasteiger partial charge in [-0.05, 0) is 37.5 Å². The zero-order chi connectivity index (χ0) is 16.4. The molecule has 3 rings (SSSR count). The van der Waals surface area contributed by atoms with Gasteiger partial charge >= 0.3 is 0 Å². The first kappa shape index (κ1) is 18.5. The molecule has 0 aliphatic heterocycles. The highest BCUT2D eigenvalue weighted by molar-refractivity contribution is 7.15. The number of rotatable bonds is 4. The van der Waals surface area contributed by atoms with Crippen molar-refractivity contribution in [2.75, 3.05) is 19.5 Å². The average Bonchev–Trinajstić information content (AvgIpc) is 2.95. The van der Waals surface area contributed by atoms with Crippen molar-refractivity contribution in [2.24, 2.45) is 5.73 Å². The Balaban J connectivity index is 0.00000208. The zero-order valence-corrected chi connectivity index (χ0v) is 15.1. The normalized spacial score (nSPS) is 15.9. The number of amides is 1. The second-order valence-electron chi connectivity index (χ2n) is 5.41. The van der Waals surface area contributed by atoms with Crippen molar-refractivity contribution in [3.8, 4) is 11.5 Å². The quantitative estimate of drug-likeness (QED) is 0.865. The van der Waals surface area contributed by atoms with Crippen LogP contribution in [0.15, 0.2) is 18.2 Å². The van der Waals surface area contributed by atoms with E-state index in [2.05, 4.69) is 10.3 Å². The molecule has 130 valence electrons. The molecule has 1 aliphatic rings. The standard InChI is InChI=1S/C16H19N3O3S.ClH/c1-21-10-4-6-13(22-2)11(8-10)15(20)19-16-18-12-5-3-9(17)7-14(12)23-16;/h4,6,8-9H,3,5,7,17H2,1-2H3,(H,18,19,20);1H/t9-;/m0./s1. The van der Waals surface area contributed by atoms with Crippen LogP contribution in [0.1, 0.15) is 27.3 Å². The summed E-state index contributed by atoms with van der Waals surface area (Å²) in [5.41, 5.74) is 7.44. The lowest BCUT2D eigenvalue weighted by Gasteiger charge is -2.15. The second-order valence-corrected chi connectivity index (χ2v) is 6.50. The molecule has 6 nitrogen and oxygen atoms in total. The number of carbonyl (C=O) groups excluding carboxylic acids is 1. The van der Waals surface area contributed by atoms with E-state index in [1.54, 1.807) is 25.3 Å². The van der Waals surface area contributed by atoms with Crippen molar-refractivity contribution in [1.82, 2.24) is 4.98 Å². The van der Waals surface area contributed by atoms with Gasteiger partial charge in [0.15, 0.2) is 5.13 Å². The first-order valence-corrected chi connectivity index (χ1v) is 8.20. The first-order chi connectivity index (χ1) is 11.1. The van der Waals surface area contributed by atoms with Crippen molar-refractivity contribution < 1.29 is 14.3 Å². The number of thiazole rings is 1. The maximum Gasteiger partial charge on any atom is 0.261 e. The molecule has 0 saturated heterocycles. The van der Waals surface area contributed by atoms with Crippen LogP contribution in [0.5, 0.6) is 11.5 Å². The summed E-state index contributed by atoms with van der Waals surface area (Å²) >= 11 is 1.49. The summed E-state index contributed by atoms with van der Waals surface area (Å²) in [5, 5.41) is 3.44. The first-order valence-electron chi connectivity index (χ1n) is 7.38. The Morgan fingerprint density at radius 2 is 2.17 bits per heavy atom. The van der Waals surface area contributed by atoms with Crippen molar-refractivity contribution in [2.45, 2.75) is 25.3 Å². The van der Waals surface area contributed by atoms with Crippen molar-refractivity contribution in [3.05, 3.63) is 34.3 Å². The van der Waals surface area contributed by atoms with E-state index >= 15 is 0 Å². The molecule has 1 amide bonds. The van der Waals surface area contributed by atoms with Crippen LogP contribution in [0.2, 0.25) is 0 Å². The Bertz CT molecular complexity index is 735. The zero-order valence-electron chi connectivity index (χ0n) is 13.5. The third-order valence-electron chi connectivity index (χ3n) is 3.85. The predicted octanol–water partition coefficient (Wildman–Crippen LogP) is 2.65. The van der Waals surface area contributed by atoms with Crippen LogP contribution < -0.4 is 20.5 Å². The average molecular weight is 370 g/mol. The fourth-order valence-corrected chi connectivity index (χ4v) is 3.71. The van der Waals surface area contributed by atoms with Crippen molar-refractivity contribution >= 4 is 34.8 Å². The molecule has 0 bridgehead atoms. The van der Waals surface area contributed by atoms with Crippen LogP contribution in [-0.4, -0.2) is 31.2 Å². The summed E-state index contributed by atoms with van der Waals surface area (Å²) in [6.07, 6.45) is 2.63. The van der Waals surface area contributed by atoms with Crippen LogP contribution in [0, 0.1) is 0 Å². The molecule has 1 heterocycles. The molecule has 0 unspecified atom stereocenters. The number of methoxy groups -OCH3 is 2. The SMILES string of the molecule is COc1ccc(OC)c(C(=O)Nc2nc3c(s2)C[C@@H](N)CC3)c1.Cl. The molecule has 0 radical (unpaired) electrons. The minimum Gasteiger partial charge on any atom is -0.497 e. The lowest BCUT2D eigenvalue weighted by Crippen LogP contribution is -2.27. The molecule has 2 aromatic rings. The third kappa shape index (κ3) is 3.80. The Labute approximate surface area is 150 Å². The van der Waals surface area contributed by atoms with Crippen LogP contribution in [-0.2, 0) is 12.8 Å². The number of halogens is 1. The van der Waals surface area contributed by atoms with Gasteiger partial charge in [0.05, 0.1) is 25.5 Å². The van der Waals surface area contributed by atoms with E-state index in [1.807, 2.05) is 0 Å². The summed E-state index contributed by atoms with van der Waals surface area (Å²) in [5.74, 6) is 0.822. The molecule has 0 spiro atoms. The van der Waals surface area contributed by atoms with Gasteiger partial charge in [-0.25, -0.2) is 4.98 Å². The third-order valence-corrected chi connectivity index (χ3v) is 4.88. The van der Waals surface area contributed by atoms with E-state index < -0.39 is 0 Å². The maximum absolute atomic E-state index is 12.5. The number of nitrogens with zero attached hydrogens (tertiary/aromatic N) is 1. The minimum absolute atomic E-state index is 0. The second kappa shape index (κ2) is 7.83. The lowest BCUT2D eigenvalue weighted by atomic mass is 9.99. The van der Waals surface area contributed by atoms with Crippen LogP contribution in [0.3, 0.4) is 0 Å². The lowest BCUT2D eigenvalue weighted by molar-refractivity contribution is 0.102. The fraction of sp³-hybridized carbons (Fsp3) is 0.375. The molecule has 0 fully saturated rings. The van der Waals surface area contributed by atoms with Crippen LogP contribution >= 0.6 is 23.7 Å². The van der Waals surface area contributed by atoms with Crippen LogP contribution in [0.25, 0.3) is 0 Å². The number of aryl methyl sites for hydroxylation is 1. The summed E-state index contributed by atoms with van der Waals surface area (Å²) in [6, 6.07) is 5.29. The Kier molecular flexibility index (Phi) is 6.04. The molecule has 24 heavy (non-hydrogen) atoms. The highest BCUT2D eigenvalue weighted by Crippen LogP contribution is 2.30. The Morgan fingerprint density at radius 3 is 2.88 bits per heavy atom. The summed E-state index contributed by atoms with van der Waals surface area (Å²) in [4.78, 5) is 18.2. The highest BCUT2D eigenvalue weighted by atomic mass is 35.5. The molecule has 3 N–H and O–H groups in total. The van der Waals surface area contributed by atoms with Gasteiger partial charge in [0, 0.05) is 10.9 Å². The molecular weight excluding hydrogens is 350 g/mol. The van der Waals surface area contributed by atoms with E-state index in [0.717, 1.165) is 29.8 Å². The number of nitrogens with one attached hydrogen (secondary N) is 1. The molecule has 0 saturated carbocycles. The van der Waals surface area contributed by atoms with E-state index in [-0.39, 0.29) is 24.4 Å². The van der Waals surface area contributed by atoms with Crippen molar-refractivity contribution in [1.29, 1.82) is 0 Å². The largest absolute Gasteiger partial charge is 0.497 e.